The lowest BCUT2D eigenvalue weighted by molar-refractivity contribution is 0.0952. The van der Waals surface area contributed by atoms with Crippen LogP contribution in [0.5, 0.6) is 5.75 Å². The normalized spacial score (nSPS) is 15.9. The van der Waals surface area contributed by atoms with Crippen LogP contribution in [-0.2, 0) is 19.5 Å². The van der Waals surface area contributed by atoms with E-state index in [-0.39, 0.29) is 5.91 Å². The predicted molar refractivity (Wildman–Crippen MR) is 172 cm³/mol. The average Bonchev–Trinajstić information content (AvgIpc) is 3.23. The molecule has 2 N–H and O–H groups in total. The van der Waals surface area contributed by atoms with Gasteiger partial charge in [-0.2, -0.15) is 0 Å². The van der Waals surface area contributed by atoms with Crippen LogP contribution in [-0.4, -0.2) is 41.7 Å². The third-order valence-corrected chi connectivity index (χ3v) is 8.79. The first-order valence-corrected chi connectivity index (χ1v) is 15.8. The van der Waals surface area contributed by atoms with Gasteiger partial charge in [-0.05, 0) is 73.4 Å². The summed E-state index contributed by atoms with van der Waals surface area (Å²) in [5.41, 5.74) is 7.70. The summed E-state index contributed by atoms with van der Waals surface area (Å²) in [6.07, 6.45) is 7.37. The van der Waals surface area contributed by atoms with Crippen molar-refractivity contribution in [2.75, 3.05) is 26.2 Å². The Morgan fingerprint density at radius 2 is 1.90 bits per heavy atom. The molecule has 0 spiro atoms. The number of hydrogen-bond donors (Lipinski definition) is 2. The fourth-order valence-electron chi connectivity index (χ4n) is 5.75. The van der Waals surface area contributed by atoms with Crippen LogP contribution < -0.4 is 15.5 Å². The first-order chi connectivity index (χ1) is 20.5. The molecular formula is C34H40Cl2N4O2. The SMILES string of the molecule is CCc1cccc2c(C(=O)NCc3ccc(Cl)c(Cl)c3)cn(CCCN3CCCC(CCOc4ccccc4)CN3)c12. The molecule has 2 heterocycles. The Bertz CT molecular complexity index is 1470. The van der Waals surface area contributed by atoms with Crippen LogP contribution in [0.15, 0.2) is 72.9 Å². The lowest BCUT2D eigenvalue weighted by Gasteiger charge is -2.22. The molecule has 8 heteroatoms. The maximum atomic E-state index is 13.3. The quantitative estimate of drug-likeness (QED) is 0.175. The molecular weight excluding hydrogens is 567 g/mol. The Morgan fingerprint density at radius 1 is 1.05 bits per heavy atom. The molecule has 0 radical (unpaired) electrons. The van der Waals surface area contributed by atoms with Crippen molar-refractivity contribution in [1.82, 2.24) is 20.3 Å². The fourth-order valence-corrected chi connectivity index (χ4v) is 6.07. The zero-order valence-electron chi connectivity index (χ0n) is 24.3. The molecule has 1 amide bonds. The van der Waals surface area contributed by atoms with Crippen LogP contribution >= 0.6 is 23.2 Å². The summed E-state index contributed by atoms with van der Waals surface area (Å²) in [4.78, 5) is 13.3. The highest BCUT2D eigenvalue weighted by atomic mass is 35.5. The highest BCUT2D eigenvalue weighted by Crippen LogP contribution is 2.27. The number of para-hydroxylation sites is 2. The zero-order chi connectivity index (χ0) is 29.3. The Labute approximate surface area is 258 Å². The van der Waals surface area contributed by atoms with Gasteiger partial charge in [-0.15, -0.1) is 0 Å². The number of amides is 1. The second-order valence-electron chi connectivity index (χ2n) is 11.0. The van der Waals surface area contributed by atoms with Crippen LogP contribution in [0.25, 0.3) is 10.9 Å². The van der Waals surface area contributed by atoms with Crippen molar-refractivity contribution in [3.8, 4) is 5.75 Å². The molecule has 0 aliphatic carbocycles. The molecule has 1 unspecified atom stereocenters. The molecule has 1 aromatic heterocycles. The Kier molecular flexibility index (Phi) is 10.8. The summed E-state index contributed by atoms with van der Waals surface area (Å²) in [6.45, 7) is 7.13. The molecule has 1 aliphatic heterocycles. The molecule has 0 saturated carbocycles. The number of benzene rings is 3. The molecule has 42 heavy (non-hydrogen) atoms. The number of ether oxygens (including phenoxy) is 1. The Morgan fingerprint density at radius 3 is 2.71 bits per heavy atom. The second kappa shape index (κ2) is 14.9. The van der Waals surface area contributed by atoms with E-state index in [0.29, 0.717) is 28.1 Å². The zero-order valence-corrected chi connectivity index (χ0v) is 25.8. The highest BCUT2D eigenvalue weighted by Gasteiger charge is 2.19. The molecule has 1 aliphatic rings. The van der Waals surface area contributed by atoms with Gasteiger partial charge in [-0.1, -0.05) is 72.6 Å². The van der Waals surface area contributed by atoms with E-state index in [1.165, 1.54) is 18.4 Å². The van der Waals surface area contributed by atoms with E-state index in [4.69, 9.17) is 27.9 Å². The number of halogens is 2. The first kappa shape index (κ1) is 30.4. The minimum absolute atomic E-state index is 0.0884. The van der Waals surface area contributed by atoms with Gasteiger partial charge in [-0.25, -0.2) is 5.01 Å². The van der Waals surface area contributed by atoms with Gasteiger partial charge in [0.2, 0.25) is 0 Å². The Balaban J connectivity index is 1.16. The summed E-state index contributed by atoms with van der Waals surface area (Å²) in [5, 5.41) is 7.42. The first-order valence-electron chi connectivity index (χ1n) is 15.0. The summed E-state index contributed by atoms with van der Waals surface area (Å²) in [5.74, 6) is 1.47. The van der Waals surface area contributed by atoms with E-state index in [9.17, 15) is 4.79 Å². The fraction of sp³-hybridized carbons (Fsp3) is 0.382. The summed E-state index contributed by atoms with van der Waals surface area (Å²) in [7, 11) is 0. The standard InChI is InChI=1S/C34H40Cl2N4O2/c1-2-27-10-6-13-29-30(34(41)37-22-26-14-15-31(35)32(36)21-26)24-39(33(27)29)17-8-19-40-18-7-9-25(23-38-40)16-20-42-28-11-4-3-5-12-28/h3-6,10-15,21,24-25,38H,2,7-9,16-20,22-23H2,1H3,(H,37,41). The maximum Gasteiger partial charge on any atom is 0.253 e. The number of fused-ring (bicyclic) bond motifs is 1. The number of aryl methyl sites for hydroxylation is 2. The number of rotatable bonds is 12. The average molecular weight is 608 g/mol. The lowest BCUT2D eigenvalue weighted by atomic mass is 10.0. The van der Waals surface area contributed by atoms with E-state index >= 15 is 0 Å². The summed E-state index contributed by atoms with van der Waals surface area (Å²) in [6, 6.07) is 21.7. The number of aromatic nitrogens is 1. The molecule has 222 valence electrons. The molecule has 4 aromatic rings. The lowest BCUT2D eigenvalue weighted by Crippen LogP contribution is -2.40. The third-order valence-electron chi connectivity index (χ3n) is 8.05. The minimum Gasteiger partial charge on any atom is -0.494 e. The monoisotopic (exact) mass is 606 g/mol. The largest absolute Gasteiger partial charge is 0.494 e. The van der Waals surface area contributed by atoms with Crippen LogP contribution in [0, 0.1) is 5.92 Å². The number of carbonyl (C=O) groups is 1. The summed E-state index contributed by atoms with van der Waals surface area (Å²) < 4.78 is 8.19. The smallest absolute Gasteiger partial charge is 0.253 e. The third kappa shape index (κ3) is 7.87. The van der Waals surface area contributed by atoms with Crippen molar-refractivity contribution in [1.29, 1.82) is 0 Å². The van der Waals surface area contributed by atoms with Crippen LogP contribution in [0.4, 0.5) is 0 Å². The number of hydrogen-bond acceptors (Lipinski definition) is 4. The van der Waals surface area contributed by atoms with E-state index in [1.54, 1.807) is 12.1 Å². The van der Waals surface area contributed by atoms with Gasteiger partial charge >= 0.3 is 0 Å². The van der Waals surface area contributed by atoms with Crippen LogP contribution in [0.3, 0.4) is 0 Å². The van der Waals surface area contributed by atoms with Gasteiger partial charge < -0.3 is 14.6 Å². The van der Waals surface area contributed by atoms with Crippen molar-refractivity contribution in [3.05, 3.63) is 99.7 Å². The molecule has 5 rings (SSSR count). The molecule has 3 aromatic carbocycles. The van der Waals surface area contributed by atoms with Gasteiger partial charge in [0.25, 0.3) is 5.91 Å². The number of nitrogens with zero attached hydrogens (tertiary/aromatic N) is 2. The molecule has 6 nitrogen and oxygen atoms in total. The highest BCUT2D eigenvalue weighted by molar-refractivity contribution is 6.42. The van der Waals surface area contributed by atoms with Gasteiger partial charge in [0, 0.05) is 44.3 Å². The van der Waals surface area contributed by atoms with Crippen LogP contribution in [0.2, 0.25) is 10.0 Å². The van der Waals surface area contributed by atoms with Crippen molar-refractivity contribution in [2.24, 2.45) is 5.92 Å². The van der Waals surface area contributed by atoms with E-state index in [1.807, 2.05) is 48.7 Å². The second-order valence-corrected chi connectivity index (χ2v) is 11.8. The van der Waals surface area contributed by atoms with E-state index < -0.39 is 0 Å². The Hall–Kier alpha value is -3.03. The molecule has 0 bridgehead atoms. The molecule has 1 saturated heterocycles. The molecule has 1 fully saturated rings. The van der Waals surface area contributed by atoms with E-state index in [0.717, 1.165) is 74.3 Å². The number of nitrogens with one attached hydrogen (secondary N) is 2. The van der Waals surface area contributed by atoms with Crippen molar-refractivity contribution in [3.63, 3.8) is 0 Å². The van der Waals surface area contributed by atoms with Crippen molar-refractivity contribution < 1.29 is 9.53 Å². The minimum atomic E-state index is -0.0884. The van der Waals surface area contributed by atoms with Gasteiger partial charge in [0.15, 0.2) is 0 Å². The number of carbonyl (C=O) groups excluding carboxylic acids is 1. The van der Waals surface area contributed by atoms with Crippen LogP contribution in [0.1, 0.15) is 54.1 Å². The van der Waals surface area contributed by atoms with Crippen molar-refractivity contribution in [2.45, 2.75) is 52.1 Å². The topological polar surface area (TPSA) is 58.5 Å². The van der Waals surface area contributed by atoms with Gasteiger partial charge in [0.05, 0.1) is 27.7 Å². The van der Waals surface area contributed by atoms with Crippen molar-refractivity contribution >= 4 is 40.0 Å². The van der Waals surface area contributed by atoms with E-state index in [2.05, 4.69) is 39.4 Å². The summed E-state index contributed by atoms with van der Waals surface area (Å²) >= 11 is 12.2. The number of hydrazine groups is 1. The van der Waals surface area contributed by atoms with Gasteiger partial charge in [0.1, 0.15) is 5.75 Å². The maximum absolute atomic E-state index is 13.3. The molecule has 1 atom stereocenters. The van der Waals surface area contributed by atoms with Gasteiger partial charge in [-0.3, -0.25) is 10.2 Å². The predicted octanol–water partition coefficient (Wildman–Crippen LogP) is 7.52.